The molecule has 0 spiro atoms. The summed E-state index contributed by atoms with van der Waals surface area (Å²) in [6, 6.07) is 16.1. The van der Waals surface area contributed by atoms with E-state index in [0.717, 1.165) is 16.9 Å². The van der Waals surface area contributed by atoms with E-state index in [0.29, 0.717) is 6.42 Å². The average Bonchev–Trinajstić information content (AvgIpc) is 2.47. The van der Waals surface area contributed by atoms with Crippen molar-refractivity contribution >= 4 is 0 Å². The second-order valence-corrected chi connectivity index (χ2v) is 5.87. The summed E-state index contributed by atoms with van der Waals surface area (Å²) >= 11 is 0. The van der Waals surface area contributed by atoms with Gasteiger partial charge in [0, 0.05) is 11.6 Å². The minimum atomic E-state index is -0.476. The first kappa shape index (κ1) is 15.5. The Morgan fingerprint density at radius 2 is 1.62 bits per heavy atom. The van der Waals surface area contributed by atoms with Crippen LogP contribution < -0.4 is 16.2 Å². The molecule has 2 unspecified atom stereocenters. The van der Waals surface area contributed by atoms with Gasteiger partial charge < -0.3 is 16.2 Å². The third kappa shape index (κ3) is 3.84. The molecule has 0 bridgehead atoms. The summed E-state index contributed by atoms with van der Waals surface area (Å²) in [5.74, 6) is 0.831. The molecule has 2 atom stereocenters. The Balaban J connectivity index is 2.13. The molecule has 0 saturated carbocycles. The second kappa shape index (κ2) is 6.29. The molecular weight excluding hydrogens is 260 g/mol. The van der Waals surface area contributed by atoms with E-state index in [2.05, 4.69) is 31.2 Å². The maximum atomic E-state index is 6.48. The molecule has 112 valence electrons. The highest BCUT2D eigenvalue weighted by molar-refractivity contribution is 5.32. The largest absolute Gasteiger partial charge is 0.497 e. The van der Waals surface area contributed by atoms with E-state index in [-0.39, 0.29) is 6.04 Å². The van der Waals surface area contributed by atoms with Gasteiger partial charge in [-0.05, 0) is 43.5 Å². The third-order valence-electron chi connectivity index (χ3n) is 3.90. The van der Waals surface area contributed by atoms with E-state index in [1.165, 1.54) is 5.56 Å². The van der Waals surface area contributed by atoms with Crippen LogP contribution in [-0.4, -0.2) is 7.11 Å². The van der Waals surface area contributed by atoms with Gasteiger partial charge in [-0.25, -0.2) is 0 Å². The van der Waals surface area contributed by atoms with Crippen molar-refractivity contribution in [1.29, 1.82) is 0 Å². The van der Waals surface area contributed by atoms with Crippen molar-refractivity contribution in [1.82, 2.24) is 0 Å². The number of nitrogens with two attached hydrogens (primary N) is 2. The average molecular weight is 284 g/mol. The highest BCUT2D eigenvalue weighted by Crippen LogP contribution is 2.29. The van der Waals surface area contributed by atoms with E-state index in [9.17, 15) is 0 Å². The van der Waals surface area contributed by atoms with E-state index >= 15 is 0 Å². The van der Waals surface area contributed by atoms with Crippen LogP contribution in [-0.2, 0) is 5.54 Å². The van der Waals surface area contributed by atoms with Gasteiger partial charge in [-0.15, -0.1) is 0 Å². The fourth-order valence-electron chi connectivity index (χ4n) is 2.48. The van der Waals surface area contributed by atoms with Crippen LogP contribution in [0.3, 0.4) is 0 Å². The zero-order valence-electron chi connectivity index (χ0n) is 13.0. The molecule has 2 rings (SSSR count). The van der Waals surface area contributed by atoms with Gasteiger partial charge in [0.1, 0.15) is 5.75 Å². The van der Waals surface area contributed by atoms with E-state index in [1.807, 2.05) is 31.2 Å². The maximum absolute atomic E-state index is 6.48. The van der Waals surface area contributed by atoms with Gasteiger partial charge in [-0.3, -0.25) is 0 Å². The number of aryl methyl sites for hydroxylation is 1. The fourth-order valence-corrected chi connectivity index (χ4v) is 2.48. The molecule has 0 heterocycles. The Morgan fingerprint density at radius 3 is 2.14 bits per heavy atom. The van der Waals surface area contributed by atoms with Crippen LogP contribution in [0.15, 0.2) is 48.5 Å². The van der Waals surface area contributed by atoms with Crippen molar-refractivity contribution in [2.75, 3.05) is 7.11 Å². The monoisotopic (exact) mass is 284 g/mol. The Morgan fingerprint density at radius 1 is 1.05 bits per heavy atom. The lowest BCUT2D eigenvalue weighted by Gasteiger charge is -2.29. The molecular formula is C18H24N2O. The smallest absolute Gasteiger partial charge is 0.118 e. The number of ether oxygens (including phenoxy) is 1. The number of hydrogen-bond acceptors (Lipinski definition) is 3. The third-order valence-corrected chi connectivity index (χ3v) is 3.90. The van der Waals surface area contributed by atoms with Crippen molar-refractivity contribution < 1.29 is 4.74 Å². The van der Waals surface area contributed by atoms with Crippen LogP contribution in [0.1, 0.15) is 36.1 Å². The molecule has 0 aliphatic carbocycles. The van der Waals surface area contributed by atoms with Gasteiger partial charge in [-0.1, -0.05) is 42.0 Å². The van der Waals surface area contributed by atoms with Crippen LogP contribution in [0.5, 0.6) is 5.75 Å². The Hall–Kier alpha value is -1.84. The molecule has 0 saturated heterocycles. The zero-order chi connectivity index (χ0) is 15.5. The molecule has 3 nitrogen and oxygen atoms in total. The van der Waals surface area contributed by atoms with Crippen molar-refractivity contribution in [3.63, 3.8) is 0 Å². The molecule has 0 radical (unpaired) electrons. The van der Waals surface area contributed by atoms with Gasteiger partial charge in [-0.2, -0.15) is 0 Å². The SMILES string of the molecule is COc1ccc(C(C)(N)CC(N)c2ccc(C)cc2)cc1. The van der Waals surface area contributed by atoms with Crippen molar-refractivity contribution in [3.05, 3.63) is 65.2 Å². The predicted molar refractivity (Wildman–Crippen MR) is 87.3 cm³/mol. The zero-order valence-corrected chi connectivity index (χ0v) is 13.0. The molecule has 0 fully saturated rings. The summed E-state index contributed by atoms with van der Waals surface area (Å²) < 4.78 is 5.18. The lowest BCUT2D eigenvalue weighted by molar-refractivity contribution is 0.402. The van der Waals surface area contributed by atoms with Crippen molar-refractivity contribution in [3.8, 4) is 5.75 Å². The summed E-state index contributed by atoms with van der Waals surface area (Å²) in [4.78, 5) is 0. The molecule has 0 aromatic heterocycles. The van der Waals surface area contributed by atoms with Gasteiger partial charge in [0.05, 0.1) is 7.11 Å². The molecule has 0 amide bonds. The summed E-state index contributed by atoms with van der Waals surface area (Å²) in [5, 5.41) is 0. The first-order valence-electron chi connectivity index (χ1n) is 7.18. The number of hydrogen-bond donors (Lipinski definition) is 2. The highest BCUT2D eigenvalue weighted by atomic mass is 16.5. The molecule has 0 aliphatic heterocycles. The molecule has 21 heavy (non-hydrogen) atoms. The number of benzene rings is 2. The maximum Gasteiger partial charge on any atom is 0.118 e. The van der Waals surface area contributed by atoms with E-state index in [1.54, 1.807) is 7.11 Å². The van der Waals surface area contributed by atoms with Gasteiger partial charge in [0.25, 0.3) is 0 Å². The van der Waals surface area contributed by atoms with Crippen LogP contribution in [0.2, 0.25) is 0 Å². The highest BCUT2D eigenvalue weighted by Gasteiger charge is 2.25. The molecule has 3 heteroatoms. The summed E-state index contributed by atoms with van der Waals surface area (Å²) in [7, 11) is 1.66. The van der Waals surface area contributed by atoms with E-state index < -0.39 is 5.54 Å². The van der Waals surface area contributed by atoms with Crippen LogP contribution in [0.4, 0.5) is 0 Å². The summed E-state index contributed by atoms with van der Waals surface area (Å²) in [6.07, 6.45) is 0.683. The first-order chi connectivity index (χ1) is 9.92. The van der Waals surface area contributed by atoms with Crippen LogP contribution in [0.25, 0.3) is 0 Å². The summed E-state index contributed by atoms with van der Waals surface area (Å²) in [6.45, 7) is 4.09. The minimum Gasteiger partial charge on any atom is -0.497 e. The molecule has 4 N–H and O–H groups in total. The summed E-state index contributed by atoms with van der Waals surface area (Å²) in [5.41, 5.74) is 15.7. The Labute approximate surface area is 126 Å². The van der Waals surface area contributed by atoms with Crippen molar-refractivity contribution in [2.45, 2.75) is 31.8 Å². The lowest BCUT2D eigenvalue weighted by Crippen LogP contribution is -2.36. The second-order valence-electron chi connectivity index (χ2n) is 5.87. The number of rotatable bonds is 5. The van der Waals surface area contributed by atoms with Crippen molar-refractivity contribution in [2.24, 2.45) is 11.5 Å². The topological polar surface area (TPSA) is 61.3 Å². The van der Waals surface area contributed by atoms with Crippen LogP contribution >= 0.6 is 0 Å². The van der Waals surface area contributed by atoms with E-state index in [4.69, 9.17) is 16.2 Å². The predicted octanol–water partition coefficient (Wildman–Crippen LogP) is 3.27. The first-order valence-corrected chi connectivity index (χ1v) is 7.18. The van der Waals surface area contributed by atoms with Gasteiger partial charge in [0.15, 0.2) is 0 Å². The minimum absolute atomic E-state index is 0.0808. The molecule has 2 aromatic rings. The number of methoxy groups -OCH3 is 1. The fraction of sp³-hybridized carbons (Fsp3) is 0.333. The van der Waals surface area contributed by atoms with Gasteiger partial charge in [0.2, 0.25) is 0 Å². The molecule has 2 aromatic carbocycles. The van der Waals surface area contributed by atoms with Gasteiger partial charge >= 0.3 is 0 Å². The Bertz CT molecular complexity index is 573. The standard InChI is InChI=1S/C18H24N2O/c1-13-4-6-14(7-5-13)17(19)12-18(2,20)15-8-10-16(21-3)11-9-15/h4-11,17H,12,19-20H2,1-3H3. The molecule has 0 aliphatic rings. The lowest BCUT2D eigenvalue weighted by atomic mass is 9.84. The normalized spacial score (nSPS) is 15.3. The van der Waals surface area contributed by atoms with Crippen LogP contribution in [0, 0.1) is 6.92 Å². The quantitative estimate of drug-likeness (QED) is 0.886. The Kier molecular flexibility index (Phi) is 4.66.